The second-order valence-corrected chi connectivity index (χ2v) is 7.80. The van der Waals surface area contributed by atoms with Crippen molar-refractivity contribution in [1.82, 2.24) is 4.31 Å². The summed E-state index contributed by atoms with van der Waals surface area (Å²) in [5.41, 5.74) is 1.55. The number of benzene rings is 2. The number of fused-ring (bicyclic) bond motifs is 1. The first-order valence-corrected chi connectivity index (χ1v) is 9.45. The third kappa shape index (κ3) is 2.92. The van der Waals surface area contributed by atoms with Crippen molar-refractivity contribution in [2.75, 3.05) is 13.7 Å². The second kappa shape index (κ2) is 6.54. The van der Waals surface area contributed by atoms with Gasteiger partial charge in [-0.2, -0.15) is 0 Å². The molecule has 0 radical (unpaired) electrons. The summed E-state index contributed by atoms with van der Waals surface area (Å²) < 4.78 is 31.8. The molecule has 2 aromatic carbocycles. The number of carbonyl (C=O) groups is 1. The zero-order valence-electron chi connectivity index (χ0n) is 13.7. The summed E-state index contributed by atoms with van der Waals surface area (Å²) in [5.74, 6) is -0.696. The third-order valence-corrected chi connectivity index (χ3v) is 5.98. The number of halogens is 1. The molecule has 2 aromatic rings. The summed E-state index contributed by atoms with van der Waals surface area (Å²) >= 11 is 6.10. The molecule has 1 heterocycles. The van der Waals surface area contributed by atoms with Crippen LogP contribution in [0.15, 0.2) is 59.1 Å². The van der Waals surface area contributed by atoms with Crippen LogP contribution in [-0.4, -0.2) is 32.3 Å². The molecule has 0 saturated carbocycles. The van der Waals surface area contributed by atoms with Crippen molar-refractivity contribution in [3.63, 3.8) is 0 Å². The van der Waals surface area contributed by atoms with Crippen LogP contribution in [0, 0.1) is 0 Å². The molecule has 0 unspecified atom stereocenters. The number of carbonyl (C=O) groups excluding carboxylic acids is 1. The van der Waals surface area contributed by atoms with Gasteiger partial charge in [0.2, 0.25) is 0 Å². The van der Waals surface area contributed by atoms with Crippen molar-refractivity contribution in [3.8, 4) is 0 Å². The average Bonchev–Trinajstić information content (AvgIpc) is 2.58. The van der Waals surface area contributed by atoms with Gasteiger partial charge in [-0.3, -0.25) is 4.31 Å². The van der Waals surface area contributed by atoms with E-state index in [1.807, 2.05) is 30.3 Å². The van der Waals surface area contributed by atoms with Gasteiger partial charge in [0.1, 0.15) is 5.70 Å². The summed E-state index contributed by atoms with van der Waals surface area (Å²) in [4.78, 5) is 12.7. The summed E-state index contributed by atoms with van der Waals surface area (Å²) in [6, 6.07) is 13.6. The van der Waals surface area contributed by atoms with Crippen molar-refractivity contribution >= 4 is 33.2 Å². The molecule has 0 aromatic heterocycles. The van der Waals surface area contributed by atoms with E-state index in [0.29, 0.717) is 21.7 Å². The molecule has 3 rings (SSSR count). The minimum atomic E-state index is -3.87. The molecule has 130 valence electrons. The normalized spacial score (nSPS) is 15.7. The maximum absolute atomic E-state index is 12.9. The Bertz CT molecular complexity index is 968. The Hall–Kier alpha value is -2.31. The molecule has 1 aliphatic heterocycles. The van der Waals surface area contributed by atoms with Crippen LogP contribution in [0.3, 0.4) is 0 Å². The number of nitrogens with zero attached hydrogens (tertiary/aromatic N) is 1. The Balaban J connectivity index is 2.42. The van der Waals surface area contributed by atoms with Gasteiger partial charge in [-0.25, -0.2) is 13.2 Å². The van der Waals surface area contributed by atoms with E-state index in [0.717, 1.165) is 4.31 Å². The van der Waals surface area contributed by atoms with Crippen molar-refractivity contribution in [1.29, 1.82) is 0 Å². The second-order valence-electron chi connectivity index (χ2n) is 5.42. The Morgan fingerprint density at radius 1 is 1.16 bits per heavy atom. The highest BCUT2D eigenvalue weighted by molar-refractivity contribution is 7.89. The fourth-order valence-corrected chi connectivity index (χ4v) is 4.35. The first-order chi connectivity index (χ1) is 11.9. The summed E-state index contributed by atoms with van der Waals surface area (Å²) in [6.07, 6.45) is 0. The van der Waals surface area contributed by atoms with Crippen LogP contribution in [0.5, 0.6) is 0 Å². The van der Waals surface area contributed by atoms with Crippen molar-refractivity contribution < 1.29 is 17.9 Å². The van der Waals surface area contributed by atoms with E-state index < -0.39 is 16.0 Å². The highest BCUT2D eigenvalue weighted by Crippen LogP contribution is 2.40. The molecule has 25 heavy (non-hydrogen) atoms. The molecule has 0 fully saturated rings. The Morgan fingerprint density at radius 3 is 2.48 bits per heavy atom. The minimum Gasteiger partial charge on any atom is -0.461 e. The number of likely N-dealkylation sites (N-methyl/N-ethyl adjacent to an activating group) is 1. The van der Waals surface area contributed by atoms with E-state index in [9.17, 15) is 13.2 Å². The van der Waals surface area contributed by atoms with Crippen LogP contribution < -0.4 is 0 Å². The lowest BCUT2D eigenvalue weighted by Gasteiger charge is -2.30. The monoisotopic (exact) mass is 377 g/mol. The Labute approximate surface area is 151 Å². The Kier molecular flexibility index (Phi) is 4.58. The first kappa shape index (κ1) is 17.5. The molecule has 0 N–H and O–H groups in total. The van der Waals surface area contributed by atoms with Crippen LogP contribution in [0.1, 0.15) is 18.1 Å². The van der Waals surface area contributed by atoms with Gasteiger partial charge < -0.3 is 4.74 Å². The first-order valence-electron chi connectivity index (χ1n) is 7.63. The number of hydrogen-bond acceptors (Lipinski definition) is 4. The van der Waals surface area contributed by atoms with Gasteiger partial charge >= 0.3 is 5.97 Å². The zero-order chi connectivity index (χ0) is 18.2. The van der Waals surface area contributed by atoms with Crippen LogP contribution in [0.2, 0.25) is 5.02 Å². The van der Waals surface area contributed by atoms with E-state index in [-0.39, 0.29) is 17.2 Å². The van der Waals surface area contributed by atoms with Gasteiger partial charge in [-0.05, 0) is 30.7 Å². The lowest BCUT2D eigenvalue weighted by molar-refractivity contribution is -0.139. The molecule has 0 spiro atoms. The van der Waals surface area contributed by atoms with Gasteiger partial charge in [0.15, 0.2) is 0 Å². The summed E-state index contributed by atoms with van der Waals surface area (Å²) in [6.45, 7) is 1.81. The van der Waals surface area contributed by atoms with Crippen LogP contribution in [0.4, 0.5) is 0 Å². The van der Waals surface area contributed by atoms with Gasteiger partial charge in [0.05, 0.1) is 11.5 Å². The summed E-state index contributed by atoms with van der Waals surface area (Å²) in [7, 11) is -2.53. The lowest BCUT2D eigenvalue weighted by atomic mass is 9.95. The molecule has 0 saturated heterocycles. The van der Waals surface area contributed by atoms with E-state index in [2.05, 4.69) is 0 Å². The van der Waals surface area contributed by atoms with E-state index >= 15 is 0 Å². The molecular weight excluding hydrogens is 362 g/mol. The lowest BCUT2D eigenvalue weighted by Crippen LogP contribution is -2.36. The highest BCUT2D eigenvalue weighted by atomic mass is 35.5. The molecule has 0 amide bonds. The molecule has 0 aliphatic carbocycles. The maximum atomic E-state index is 12.9. The fraction of sp³-hybridized carbons (Fsp3) is 0.167. The predicted molar refractivity (Wildman–Crippen MR) is 95.5 cm³/mol. The summed E-state index contributed by atoms with van der Waals surface area (Å²) in [5, 5.41) is 0.384. The number of sulfonamides is 1. The molecular formula is C18H16ClNO4S. The molecule has 0 atom stereocenters. The molecule has 7 heteroatoms. The topological polar surface area (TPSA) is 63.7 Å². The maximum Gasteiger partial charge on any atom is 0.356 e. The van der Waals surface area contributed by atoms with Crippen LogP contribution in [0.25, 0.3) is 5.57 Å². The molecule has 1 aliphatic rings. The van der Waals surface area contributed by atoms with Gasteiger partial charge in [0, 0.05) is 23.2 Å². The van der Waals surface area contributed by atoms with Crippen molar-refractivity contribution in [3.05, 3.63) is 70.4 Å². The SMILES string of the molecule is CCOC(=O)C1=C(c2ccccc2)c2cc(Cl)ccc2S(=O)(=O)N1C. The highest BCUT2D eigenvalue weighted by Gasteiger charge is 2.38. The number of esters is 1. The van der Waals surface area contributed by atoms with Crippen LogP contribution in [-0.2, 0) is 19.6 Å². The number of ether oxygens (including phenoxy) is 1. The van der Waals surface area contributed by atoms with E-state index in [1.54, 1.807) is 13.0 Å². The van der Waals surface area contributed by atoms with Gasteiger partial charge in [-0.1, -0.05) is 41.9 Å². The smallest absolute Gasteiger partial charge is 0.356 e. The zero-order valence-corrected chi connectivity index (χ0v) is 15.3. The molecule has 5 nitrogen and oxygen atoms in total. The van der Waals surface area contributed by atoms with Gasteiger partial charge in [0.25, 0.3) is 10.0 Å². The van der Waals surface area contributed by atoms with E-state index in [4.69, 9.17) is 16.3 Å². The standard InChI is InChI=1S/C18H16ClNO4S/c1-3-24-18(21)17-16(12-7-5-4-6-8-12)14-11-13(19)9-10-15(14)25(22,23)20(17)2/h4-11H,3H2,1-2H3. The van der Waals surface area contributed by atoms with Gasteiger partial charge in [-0.15, -0.1) is 0 Å². The van der Waals surface area contributed by atoms with E-state index in [1.165, 1.54) is 19.2 Å². The predicted octanol–water partition coefficient (Wildman–Crippen LogP) is 3.30. The largest absolute Gasteiger partial charge is 0.461 e. The minimum absolute atomic E-state index is 0.0252. The third-order valence-electron chi connectivity index (χ3n) is 3.93. The van der Waals surface area contributed by atoms with Crippen LogP contribution >= 0.6 is 11.6 Å². The molecule has 0 bridgehead atoms. The number of hydrogen-bond donors (Lipinski definition) is 0. The fourth-order valence-electron chi connectivity index (χ4n) is 2.80. The number of rotatable bonds is 3. The quantitative estimate of drug-likeness (QED) is 0.770. The Morgan fingerprint density at radius 2 is 1.84 bits per heavy atom. The van der Waals surface area contributed by atoms with Crippen molar-refractivity contribution in [2.24, 2.45) is 0 Å². The average molecular weight is 378 g/mol. The van der Waals surface area contributed by atoms with Crippen molar-refractivity contribution in [2.45, 2.75) is 11.8 Å².